The van der Waals surface area contributed by atoms with Gasteiger partial charge < -0.3 is 14.9 Å². The lowest BCUT2D eigenvalue weighted by Crippen LogP contribution is -3.06. The predicted molar refractivity (Wildman–Crippen MR) is 99.5 cm³/mol. The number of hydrogen-bond acceptors (Lipinski definition) is 3. The quantitative estimate of drug-likeness (QED) is 0.476. The number of Topliss-reactive ketones (excluding diaryl/α,β-unsaturated/α-hetero) is 1. The molecular weight excluding hydrogens is 347 g/mol. The van der Waals surface area contributed by atoms with Gasteiger partial charge in [-0.2, -0.15) is 0 Å². The van der Waals surface area contributed by atoms with Gasteiger partial charge >= 0.3 is 0 Å². The highest BCUT2D eigenvalue weighted by atomic mass is 19.1. The molecule has 2 N–H and O–H groups in total. The van der Waals surface area contributed by atoms with Gasteiger partial charge in [-0.25, -0.2) is 4.39 Å². The first kappa shape index (κ1) is 18.8. The van der Waals surface area contributed by atoms with E-state index in [0.29, 0.717) is 24.2 Å². The highest BCUT2D eigenvalue weighted by molar-refractivity contribution is 6.46. The minimum atomic E-state index is -0.745. The molecule has 0 bridgehead atoms. The van der Waals surface area contributed by atoms with Crippen molar-refractivity contribution < 1.29 is 24.0 Å². The third-order valence-electron chi connectivity index (χ3n) is 4.63. The molecule has 0 radical (unpaired) electrons. The Balaban J connectivity index is 2.13. The van der Waals surface area contributed by atoms with Crippen LogP contribution in [0.25, 0.3) is 5.76 Å². The molecule has 1 aliphatic heterocycles. The third kappa shape index (κ3) is 3.75. The van der Waals surface area contributed by atoms with E-state index in [0.717, 1.165) is 4.90 Å². The molecule has 0 aromatic heterocycles. The number of carbonyl (C=O) groups excluding carboxylic acids is 2. The number of likely N-dealkylation sites (tertiary alicyclic amines) is 1. The van der Waals surface area contributed by atoms with Crippen molar-refractivity contribution in [2.45, 2.75) is 6.04 Å². The molecule has 0 spiro atoms. The summed E-state index contributed by atoms with van der Waals surface area (Å²) < 4.78 is 13.4. The Kier molecular flexibility index (Phi) is 5.37. The average Bonchev–Trinajstić information content (AvgIpc) is 2.91. The van der Waals surface area contributed by atoms with Crippen molar-refractivity contribution in [2.75, 3.05) is 27.2 Å². The highest BCUT2D eigenvalue weighted by Crippen LogP contribution is 2.39. The molecule has 1 saturated heterocycles. The molecule has 1 fully saturated rings. The van der Waals surface area contributed by atoms with E-state index in [4.69, 9.17) is 0 Å². The van der Waals surface area contributed by atoms with E-state index in [9.17, 15) is 19.1 Å². The summed E-state index contributed by atoms with van der Waals surface area (Å²) in [6.07, 6.45) is 0. The normalized spacial score (nSPS) is 19.1. The molecule has 1 aliphatic rings. The Hall–Kier alpha value is -2.99. The van der Waals surface area contributed by atoms with Gasteiger partial charge in [-0.3, -0.25) is 9.59 Å². The summed E-state index contributed by atoms with van der Waals surface area (Å²) in [5.41, 5.74) is 1.08. The van der Waals surface area contributed by atoms with Crippen molar-refractivity contribution >= 4 is 17.4 Å². The topological polar surface area (TPSA) is 62.0 Å². The molecular formula is C21H22FN2O3+. The van der Waals surface area contributed by atoms with Gasteiger partial charge in [0, 0.05) is 5.56 Å². The number of carbonyl (C=O) groups is 2. The van der Waals surface area contributed by atoms with E-state index in [1.807, 2.05) is 14.1 Å². The van der Waals surface area contributed by atoms with E-state index in [2.05, 4.69) is 0 Å². The number of benzene rings is 2. The molecule has 0 aliphatic carbocycles. The van der Waals surface area contributed by atoms with Gasteiger partial charge in [0.2, 0.25) is 0 Å². The van der Waals surface area contributed by atoms with Crippen LogP contribution >= 0.6 is 0 Å². The van der Waals surface area contributed by atoms with Crippen molar-refractivity contribution in [3.63, 3.8) is 0 Å². The largest absolute Gasteiger partial charge is 0.507 e. The Labute approximate surface area is 157 Å². The number of amides is 1. The van der Waals surface area contributed by atoms with E-state index >= 15 is 0 Å². The first-order valence-corrected chi connectivity index (χ1v) is 8.78. The van der Waals surface area contributed by atoms with Crippen molar-refractivity contribution in [3.05, 3.63) is 77.1 Å². The maximum Gasteiger partial charge on any atom is 0.295 e. The Morgan fingerprint density at radius 1 is 1.07 bits per heavy atom. The van der Waals surface area contributed by atoms with Crippen LogP contribution in [0.1, 0.15) is 17.2 Å². The molecule has 1 amide bonds. The molecule has 0 unspecified atom stereocenters. The lowest BCUT2D eigenvalue weighted by Gasteiger charge is -2.25. The number of quaternary nitrogens is 1. The summed E-state index contributed by atoms with van der Waals surface area (Å²) in [5, 5.41) is 10.8. The number of aliphatic hydroxyl groups excluding tert-OH is 1. The monoisotopic (exact) mass is 369 g/mol. The fourth-order valence-corrected chi connectivity index (χ4v) is 3.20. The number of halogens is 1. The number of rotatable bonds is 5. The summed E-state index contributed by atoms with van der Waals surface area (Å²) in [5.74, 6) is -2.00. The zero-order chi connectivity index (χ0) is 19.6. The van der Waals surface area contributed by atoms with Crippen LogP contribution < -0.4 is 4.90 Å². The number of likely N-dealkylation sites (N-methyl/N-ethyl adjacent to an activating group) is 1. The molecule has 1 heterocycles. The minimum absolute atomic E-state index is 0.0339. The standard InChI is InChI=1S/C21H21FN2O3/c1-23(2)12-13-24-18(14-8-10-16(22)11-9-14)17(20(26)21(24)27)19(25)15-6-4-3-5-7-15/h3-11,18,25H,12-13H2,1-2H3/p+1/t18-/m0/s1. The molecule has 2 aromatic rings. The molecule has 5 nitrogen and oxygen atoms in total. The van der Waals surface area contributed by atoms with Crippen LogP contribution in [0.3, 0.4) is 0 Å². The maximum atomic E-state index is 13.4. The number of hydrogen-bond donors (Lipinski definition) is 2. The smallest absolute Gasteiger partial charge is 0.295 e. The van der Waals surface area contributed by atoms with Crippen LogP contribution in [0.15, 0.2) is 60.2 Å². The van der Waals surface area contributed by atoms with E-state index in [1.54, 1.807) is 42.5 Å². The lowest BCUT2D eigenvalue weighted by molar-refractivity contribution is -0.857. The van der Waals surface area contributed by atoms with Gasteiger partial charge in [0.25, 0.3) is 11.7 Å². The second-order valence-electron chi connectivity index (χ2n) is 6.87. The van der Waals surface area contributed by atoms with Gasteiger partial charge in [0.05, 0.1) is 38.8 Å². The summed E-state index contributed by atoms with van der Waals surface area (Å²) in [6, 6.07) is 13.5. The van der Waals surface area contributed by atoms with Crippen LogP contribution in [0.5, 0.6) is 0 Å². The average molecular weight is 369 g/mol. The van der Waals surface area contributed by atoms with Gasteiger partial charge in [-0.05, 0) is 17.7 Å². The van der Waals surface area contributed by atoms with Crippen molar-refractivity contribution in [1.82, 2.24) is 4.90 Å². The Morgan fingerprint density at radius 2 is 1.70 bits per heavy atom. The fourth-order valence-electron chi connectivity index (χ4n) is 3.20. The number of aliphatic hydroxyl groups is 1. The van der Waals surface area contributed by atoms with Crippen LogP contribution in [0.4, 0.5) is 4.39 Å². The van der Waals surface area contributed by atoms with Gasteiger partial charge in [0.1, 0.15) is 11.6 Å². The van der Waals surface area contributed by atoms with E-state index in [1.165, 1.54) is 17.0 Å². The van der Waals surface area contributed by atoms with Crippen LogP contribution in [-0.2, 0) is 9.59 Å². The Morgan fingerprint density at radius 3 is 2.30 bits per heavy atom. The van der Waals surface area contributed by atoms with Crippen molar-refractivity contribution in [1.29, 1.82) is 0 Å². The first-order valence-electron chi connectivity index (χ1n) is 8.78. The SMILES string of the molecule is C[NH+](C)CCN1C(=O)C(=O)C(=C(O)c2ccccc2)[C@@H]1c1ccc(F)cc1. The summed E-state index contributed by atoms with van der Waals surface area (Å²) in [7, 11) is 3.90. The molecule has 2 aromatic carbocycles. The van der Waals surface area contributed by atoms with Crippen molar-refractivity contribution in [2.24, 2.45) is 0 Å². The third-order valence-corrected chi connectivity index (χ3v) is 4.63. The van der Waals surface area contributed by atoms with E-state index < -0.39 is 23.5 Å². The summed E-state index contributed by atoms with van der Waals surface area (Å²) >= 11 is 0. The van der Waals surface area contributed by atoms with E-state index in [-0.39, 0.29) is 11.3 Å². The zero-order valence-corrected chi connectivity index (χ0v) is 15.3. The predicted octanol–water partition coefficient (Wildman–Crippen LogP) is 1.39. The zero-order valence-electron chi connectivity index (χ0n) is 15.3. The highest BCUT2D eigenvalue weighted by Gasteiger charge is 2.46. The van der Waals surface area contributed by atoms with Crippen molar-refractivity contribution in [3.8, 4) is 0 Å². The molecule has 3 rings (SSSR count). The molecule has 27 heavy (non-hydrogen) atoms. The molecule has 1 atom stereocenters. The fraction of sp³-hybridized carbons (Fsp3) is 0.238. The van der Waals surface area contributed by atoms with Gasteiger partial charge in [0.15, 0.2) is 0 Å². The van der Waals surface area contributed by atoms with Crippen LogP contribution in [0, 0.1) is 5.82 Å². The summed E-state index contributed by atoms with van der Waals surface area (Å²) in [4.78, 5) is 28.0. The van der Waals surface area contributed by atoms with Crippen LogP contribution in [-0.4, -0.2) is 48.9 Å². The second-order valence-corrected chi connectivity index (χ2v) is 6.87. The number of nitrogens with one attached hydrogen (secondary N) is 1. The number of nitrogens with zero attached hydrogens (tertiary/aromatic N) is 1. The first-order chi connectivity index (χ1) is 12.9. The molecule has 6 heteroatoms. The second kappa shape index (κ2) is 7.72. The molecule has 0 saturated carbocycles. The maximum absolute atomic E-state index is 13.4. The molecule has 140 valence electrons. The van der Waals surface area contributed by atoms with Gasteiger partial charge in [-0.1, -0.05) is 42.5 Å². The number of ketones is 1. The summed E-state index contributed by atoms with van der Waals surface area (Å²) in [6.45, 7) is 0.983. The minimum Gasteiger partial charge on any atom is -0.507 e. The lowest BCUT2D eigenvalue weighted by atomic mass is 9.95. The van der Waals surface area contributed by atoms with Crippen LogP contribution in [0.2, 0.25) is 0 Å². The Bertz CT molecular complexity index is 876. The van der Waals surface area contributed by atoms with Gasteiger partial charge in [-0.15, -0.1) is 0 Å².